The summed E-state index contributed by atoms with van der Waals surface area (Å²) in [5.74, 6) is -0.215. The van der Waals surface area contributed by atoms with Gasteiger partial charge in [0.05, 0.1) is 11.1 Å². The average Bonchev–Trinajstić information content (AvgIpc) is 1.96. The van der Waals surface area contributed by atoms with Crippen LogP contribution in [0.1, 0.15) is 34.6 Å². The van der Waals surface area contributed by atoms with E-state index < -0.39 is 5.54 Å². The third kappa shape index (κ3) is 1.20. The number of imide groups is 1. The molecule has 0 aromatic rings. The number of rotatable bonds is 0. The lowest BCUT2D eigenvalue weighted by Crippen LogP contribution is -2.54. The van der Waals surface area contributed by atoms with Crippen LogP contribution in [0.15, 0.2) is 0 Å². The van der Waals surface area contributed by atoms with E-state index in [4.69, 9.17) is 0 Å². The minimum Gasteiger partial charge on any atom is -0.330 e. The molecule has 0 spiro atoms. The molecule has 3 amide bonds. The van der Waals surface area contributed by atoms with Crippen molar-refractivity contribution in [3.63, 3.8) is 0 Å². The van der Waals surface area contributed by atoms with Crippen molar-refractivity contribution >= 4 is 11.9 Å². The van der Waals surface area contributed by atoms with Crippen molar-refractivity contribution < 1.29 is 9.59 Å². The van der Waals surface area contributed by atoms with Gasteiger partial charge >= 0.3 is 6.03 Å². The van der Waals surface area contributed by atoms with Crippen LogP contribution in [0.25, 0.3) is 0 Å². The SMILES string of the molecule is CC(=O)N1C(=O)NC(C)(C)C1(C)C. The Morgan fingerprint density at radius 1 is 1.31 bits per heavy atom. The molecule has 1 N–H and O–H groups in total. The zero-order valence-corrected chi connectivity index (χ0v) is 8.76. The van der Waals surface area contributed by atoms with E-state index in [0.717, 1.165) is 0 Å². The topological polar surface area (TPSA) is 49.4 Å². The minimum atomic E-state index is -0.476. The van der Waals surface area contributed by atoms with Crippen LogP contribution in [0.2, 0.25) is 0 Å². The Labute approximate surface area is 78.3 Å². The van der Waals surface area contributed by atoms with Crippen LogP contribution in [0.5, 0.6) is 0 Å². The quantitative estimate of drug-likeness (QED) is 0.613. The van der Waals surface area contributed by atoms with E-state index in [1.807, 2.05) is 27.7 Å². The molecule has 0 unspecified atom stereocenters. The molecule has 1 aliphatic rings. The minimum absolute atomic E-state index is 0.215. The van der Waals surface area contributed by atoms with Crippen molar-refractivity contribution in [1.29, 1.82) is 0 Å². The van der Waals surface area contributed by atoms with Crippen LogP contribution in [0.4, 0.5) is 4.79 Å². The number of urea groups is 1. The first-order valence-electron chi connectivity index (χ1n) is 4.33. The lowest BCUT2D eigenvalue weighted by atomic mass is 9.83. The largest absolute Gasteiger partial charge is 0.330 e. The third-order valence-corrected chi connectivity index (χ3v) is 3.03. The predicted octanol–water partition coefficient (Wildman–Crippen LogP) is 1.12. The number of amides is 3. The second kappa shape index (κ2) is 2.47. The molecule has 74 valence electrons. The lowest BCUT2D eigenvalue weighted by molar-refractivity contribution is -0.129. The molecule has 0 aromatic heterocycles. The van der Waals surface area contributed by atoms with Gasteiger partial charge in [-0.3, -0.25) is 9.69 Å². The van der Waals surface area contributed by atoms with Crippen molar-refractivity contribution in [3.8, 4) is 0 Å². The number of nitrogens with zero attached hydrogens (tertiary/aromatic N) is 1. The normalized spacial score (nSPS) is 24.4. The van der Waals surface area contributed by atoms with Crippen LogP contribution in [-0.2, 0) is 4.79 Å². The highest BCUT2D eigenvalue weighted by Gasteiger charge is 2.53. The second-order valence-electron chi connectivity index (χ2n) is 4.47. The first kappa shape index (κ1) is 10.0. The Balaban J connectivity index is 3.13. The Hall–Kier alpha value is -1.06. The fourth-order valence-electron chi connectivity index (χ4n) is 1.55. The zero-order valence-electron chi connectivity index (χ0n) is 8.76. The summed E-state index contributed by atoms with van der Waals surface area (Å²) in [6.07, 6.45) is 0. The standard InChI is InChI=1S/C9H16N2O2/c1-6(12)11-7(13)10-8(2,3)9(11,4)5/h1-5H3,(H,10,13). The van der Waals surface area contributed by atoms with E-state index in [-0.39, 0.29) is 17.5 Å². The molecule has 4 heteroatoms. The summed E-state index contributed by atoms with van der Waals surface area (Å²) in [5.41, 5.74) is -0.855. The van der Waals surface area contributed by atoms with Gasteiger partial charge in [0.2, 0.25) is 5.91 Å². The third-order valence-electron chi connectivity index (χ3n) is 3.03. The van der Waals surface area contributed by atoms with Gasteiger partial charge in [0.25, 0.3) is 0 Å². The molecule has 13 heavy (non-hydrogen) atoms. The molecule has 4 nitrogen and oxygen atoms in total. The molecule has 0 radical (unpaired) electrons. The second-order valence-corrected chi connectivity index (χ2v) is 4.47. The Kier molecular flexibility index (Phi) is 1.90. The van der Waals surface area contributed by atoms with Gasteiger partial charge in [0, 0.05) is 6.92 Å². The monoisotopic (exact) mass is 184 g/mol. The molecule has 1 aliphatic heterocycles. The van der Waals surface area contributed by atoms with Crippen molar-refractivity contribution in [2.24, 2.45) is 0 Å². The molecule has 0 bridgehead atoms. The Morgan fingerprint density at radius 3 is 1.92 bits per heavy atom. The molecular formula is C9H16N2O2. The smallest absolute Gasteiger partial charge is 0.325 e. The Bertz CT molecular complexity index is 269. The molecule has 0 aromatic carbocycles. The van der Waals surface area contributed by atoms with E-state index in [0.29, 0.717) is 0 Å². The maximum atomic E-state index is 11.4. The highest BCUT2D eigenvalue weighted by molar-refractivity contribution is 5.96. The van der Waals surface area contributed by atoms with Gasteiger partial charge in [-0.05, 0) is 27.7 Å². The van der Waals surface area contributed by atoms with E-state index in [1.54, 1.807) is 0 Å². The van der Waals surface area contributed by atoms with Gasteiger partial charge in [0.1, 0.15) is 0 Å². The van der Waals surface area contributed by atoms with Crippen molar-refractivity contribution in [2.75, 3.05) is 0 Å². The van der Waals surface area contributed by atoms with E-state index >= 15 is 0 Å². The zero-order chi connectivity index (χ0) is 10.4. The molecule has 0 aliphatic carbocycles. The van der Waals surface area contributed by atoms with Gasteiger partial charge in [-0.2, -0.15) is 0 Å². The molecule has 0 saturated carbocycles. The summed E-state index contributed by atoms with van der Waals surface area (Å²) in [6, 6.07) is -0.303. The fourth-order valence-corrected chi connectivity index (χ4v) is 1.55. The summed E-state index contributed by atoms with van der Waals surface area (Å²) in [6.45, 7) is 8.99. The molecule has 1 fully saturated rings. The van der Waals surface area contributed by atoms with E-state index in [1.165, 1.54) is 11.8 Å². The van der Waals surface area contributed by atoms with Crippen molar-refractivity contribution in [3.05, 3.63) is 0 Å². The number of nitrogens with one attached hydrogen (secondary N) is 1. The van der Waals surface area contributed by atoms with Gasteiger partial charge in [0.15, 0.2) is 0 Å². The average molecular weight is 184 g/mol. The molecule has 1 heterocycles. The maximum Gasteiger partial charge on any atom is 0.325 e. The molecule has 1 saturated heterocycles. The van der Waals surface area contributed by atoms with Crippen molar-refractivity contribution in [1.82, 2.24) is 10.2 Å². The fraction of sp³-hybridized carbons (Fsp3) is 0.778. The predicted molar refractivity (Wildman–Crippen MR) is 49.2 cm³/mol. The van der Waals surface area contributed by atoms with E-state index in [2.05, 4.69) is 5.32 Å². The number of carbonyl (C=O) groups excluding carboxylic acids is 2. The number of hydrogen-bond acceptors (Lipinski definition) is 2. The molecule has 1 rings (SSSR count). The van der Waals surface area contributed by atoms with Crippen LogP contribution in [-0.4, -0.2) is 27.9 Å². The Morgan fingerprint density at radius 2 is 1.77 bits per heavy atom. The van der Waals surface area contributed by atoms with Crippen LogP contribution in [0.3, 0.4) is 0 Å². The van der Waals surface area contributed by atoms with Crippen LogP contribution >= 0.6 is 0 Å². The van der Waals surface area contributed by atoms with Crippen LogP contribution < -0.4 is 5.32 Å². The lowest BCUT2D eigenvalue weighted by Gasteiger charge is -2.37. The number of carbonyl (C=O) groups is 2. The van der Waals surface area contributed by atoms with Gasteiger partial charge < -0.3 is 5.32 Å². The van der Waals surface area contributed by atoms with Crippen molar-refractivity contribution in [2.45, 2.75) is 45.7 Å². The van der Waals surface area contributed by atoms with Gasteiger partial charge in [-0.15, -0.1) is 0 Å². The molecular weight excluding hydrogens is 168 g/mol. The van der Waals surface area contributed by atoms with E-state index in [9.17, 15) is 9.59 Å². The summed E-state index contributed by atoms with van der Waals surface area (Å²) in [4.78, 5) is 23.9. The summed E-state index contributed by atoms with van der Waals surface area (Å²) < 4.78 is 0. The first-order chi connectivity index (χ1) is 5.70. The van der Waals surface area contributed by atoms with Crippen LogP contribution in [0, 0.1) is 0 Å². The van der Waals surface area contributed by atoms with Gasteiger partial charge in [-0.25, -0.2) is 4.79 Å². The van der Waals surface area contributed by atoms with Gasteiger partial charge in [-0.1, -0.05) is 0 Å². The summed E-state index contributed by atoms with van der Waals surface area (Å²) >= 11 is 0. The summed E-state index contributed by atoms with van der Waals surface area (Å²) in [7, 11) is 0. The first-order valence-corrected chi connectivity index (χ1v) is 4.33. The molecule has 0 atom stereocenters. The maximum absolute atomic E-state index is 11.4. The highest BCUT2D eigenvalue weighted by Crippen LogP contribution is 2.33. The summed E-state index contributed by atoms with van der Waals surface area (Å²) in [5, 5.41) is 2.78. The number of hydrogen-bond donors (Lipinski definition) is 1. The highest BCUT2D eigenvalue weighted by atomic mass is 16.2.